The van der Waals surface area contributed by atoms with E-state index in [4.69, 9.17) is 0 Å². The summed E-state index contributed by atoms with van der Waals surface area (Å²) in [4.78, 5) is 13.3. The molecular weight excluding hydrogens is 346 g/mol. The third-order valence-corrected chi connectivity index (χ3v) is 9.71. The molecule has 4 aliphatic rings. The van der Waals surface area contributed by atoms with Gasteiger partial charge in [-0.2, -0.15) is 0 Å². The minimum absolute atomic E-state index is 0.201. The number of Topliss-reactive ketones (excluding diaryl/α,β-unsaturated/α-hetero) is 1. The summed E-state index contributed by atoms with van der Waals surface area (Å²) in [6.07, 6.45) is 14.5. The van der Waals surface area contributed by atoms with E-state index in [0.29, 0.717) is 18.2 Å². The highest BCUT2D eigenvalue weighted by atomic mass is 16.1. The summed E-state index contributed by atoms with van der Waals surface area (Å²) >= 11 is 0. The predicted octanol–water partition coefficient (Wildman–Crippen LogP) is 5.00. The molecule has 9 atom stereocenters. The lowest BCUT2D eigenvalue weighted by Gasteiger charge is -2.56. The molecule has 0 aliphatic heterocycles. The van der Waals surface area contributed by atoms with Crippen LogP contribution < -0.4 is 0 Å². The quantitative estimate of drug-likeness (QED) is 0.738. The molecule has 28 heavy (non-hydrogen) atoms. The summed E-state index contributed by atoms with van der Waals surface area (Å²) < 4.78 is 1.71. The fourth-order valence-electron chi connectivity index (χ4n) is 8.72. The molecule has 4 heteroatoms. The van der Waals surface area contributed by atoms with E-state index in [9.17, 15) is 4.79 Å². The van der Waals surface area contributed by atoms with Crippen LogP contribution in [0.2, 0.25) is 0 Å². The fourth-order valence-corrected chi connectivity index (χ4v) is 8.72. The molecule has 0 bridgehead atoms. The van der Waals surface area contributed by atoms with E-state index in [1.165, 1.54) is 44.9 Å². The molecular formula is C24H37N3O. The van der Waals surface area contributed by atoms with Crippen LogP contribution in [0, 0.1) is 52.8 Å². The summed E-state index contributed by atoms with van der Waals surface area (Å²) in [6, 6.07) is 0. The number of carbonyl (C=O) groups is 1. The molecule has 4 saturated carbocycles. The highest BCUT2D eigenvalue weighted by molar-refractivity contribution is 5.82. The van der Waals surface area contributed by atoms with E-state index >= 15 is 0 Å². The summed E-state index contributed by atoms with van der Waals surface area (Å²) in [7, 11) is 0. The van der Waals surface area contributed by atoms with Crippen molar-refractivity contribution >= 4 is 5.78 Å². The molecule has 5 rings (SSSR count). The van der Waals surface area contributed by atoms with Crippen LogP contribution in [0.25, 0.3) is 0 Å². The Morgan fingerprint density at radius 1 is 1.07 bits per heavy atom. The molecule has 0 radical (unpaired) electrons. The second-order valence-electron chi connectivity index (χ2n) is 11.2. The number of carbonyl (C=O) groups excluding carboxylic acids is 1. The summed E-state index contributed by atoms with van der Waals surface area (Å²) in [6.45, 7) is 7.78. The normalized spacial score (nSPS) is 47.8. The van der Waals surface area contributed by atoms with E-state index < -0.39 is 0 Å². The van der Waals surface area contributed by atoms with Gasteiger partial charge < -0.3 is 0 Å². The first-order valence-electron chi connectivity index (χ1n) is 11.8. The van der Waals surface area contributed by atoms with Gasteiger partial charge in [0.25, 0.3) is 0 Å². The van der Waals surface area contributed by atoms with Gasteiger partial charge in [-0.15, -0.1) is 5.10 Å². The van der Waals surface area contributed by atoms with Crippen LogP contribution in [-0.4, -0.2) is 20.8 Å². The van der Waals surface area contributed by atoms with Crippen LogP contribution in [0.3, 0.4) is 0 Å². The summed E-state index contributed by atoms with van der Waals surface area (Å²) in [5, 5.41) is 7.91. The Labute approximate surface area is 169 Å². The average Bonchev–Trinajstić information content (AvgIpc) is 3.27. The van der Waals surface area contributed by atoms with Crippen LogP contribution in [-0.2, 0) is 11.3 Å². The van der Waals surface area contributed by atoms with Gasteiger partial charge in [0.15, 0.2) is 5.78 Å². The van der Waals surface area contributed by atoms with Crippen molar-refractivity contribution in [3.8, 4) is 0 Å². The Hall–Kier alpha value is -1.19. The maximum absolute atomic E-state index is 13.3. The Bertz CT molecular complexity index is 715. The summed E-state index contributed by atoms with van der Waals surface area (Å²) in [5.41, 5.74) is 0.201. The van der Waals surface area contributed by atoms with E-state index in [1.54, 1.807) is 10.9 Å². The van der Waals surface area contributed by atoms with Gasteiger partial charge in [-0.25, -0.2) is 4.68 Å². The van der Waals surface area contributed by atoms with Crippen LogP contribution in [0.15, 0.2) is 12.4 Å². The van der Waals surface area contributed by atoms with Crippen LogP contribution >= 0.6 is 0 Å². The number of rotatable bonds is 3. The van der Waals surface area contributed by atoms with Crippen molar-refractivity contribution in [1.82, 2.24) is 15.0 Å². The molecule has 1 aromatic heterocycles. The Balaban J connectivity index is 1.37. The van der Waals surface area contributed by atoms with Crippen LogP contribution in [0.4, 0.5) is 0 Å². The molecule has 0 amide bonds. The SMILES string of the molecule is C[C@H]1CC[C@H]2[C@H](CC[C@H]3C4[C@H](C)C[C@H](C(=O)Cn5ccnn5)[C@@]4(C)CC[C@H]23)C1. The lowest BCUT2D eigenvalue weighted by Crippen LogP contribution is -2.50. The Kier molecular flexibility index (Phi) is 4.67. The van der Waals surface area contributed by atoms with Gasteiger partial charge >= 0.3 is 0 Å². The van der Waals surface area contributed by atoms with Crippen LogP contribution in [0.5, 0.6) is 0 Å². The standard InChI is InChI=1S/C24H37N3O/c1-15-4-6-18-17(12-15)5-7-20-19(18)8-9-24(3)21(13-16(2)23(20)24)22(28)14-27-11-10-25-26-27/h10-11,15-21,23H,4-9,12-14H2,1-3H3/t15-,16+,17+,18-,19+,20+,21+,23?,24+/m0/s1. The van der Waals surface area contributed by atoms with Gasteiger partial charge in [0.2, 0.25) is 0 Å². The molecule has 1 heterocycles. The van der Waals surface area contributed by atoms with E-state index in [1.807, 2.05) is 6.20 Å². The number of hydrogen-bond acceptors (Lipinski definition) is 3. The minimum atomic E-state index is 0.201. The molecule has 1 unspecified atom stereocenters. The van der Waals surface area contributed by atoms with Gasteiger partial charge in [0, 0.05) is 12.1 Å². The Morgan fingerprint density at radius 3 is 2.68 bits per heavy atom. The van der Waals surface area contributed by atoms with Gasteiger partial charge in [-0.05, 0) is 91.8 Å². The van der Waals surface area contributed by atoms with Gasteiger partial charge in [-0.1, -0.05) is 32.4 Å². The molecule has 154 valence electrons. The minimum Gasteiger partial charge on any atom is -0.297 e. The van der Waals surface area contributed by atoms with Crippen molar-refractivity contribution in [3.63, 3.8) is 0 Å². The largest absolute Gasteiger partial charge is 0.297 e. The van der Waals surface area contributed by atoms with Crippen molar-refractivity contribution in [2.24, 2.45) is 52.8 Å². The lowest BCUT2D eigenvalue weighted by molar-refractivity contribution is -0.131. The van der Waals surface area contributed by atoms with Gasteiger partial charge in [0.05, 0.1) is 6.20 Å². The number of nitrogens with zero attached hydrogens (tertiary/aromatic N) is 3. The highest BCUT2D eigenvalue weighted by Crippen LogP contribution is 2.66. The number of hydrogen-bond donors (Lipinski definition) is 0. The smallest absolute Gasteiger partial charge is 0.157 e. The van der Waals surface area contributed by atoms with E-state index in [0.717, 1.165) is 41.9 Å². The molecule has 1 aromatic rings. The van der Waals surface area contributed by atoms with Crippen molar-refractivity contribution in [2.45, 2.75) is 78.7 Å². The first kappa shape index (κ1) is 18.8. The first-order valence-corrected chi connectivity index (χ1v) is 11.8. The average molecular weight is 384 g/mol. The zero-order valence-electron chi connectivity index (χ0n) is 17.9. The molecule has 0 saturated heterocycles. The molecule has 0 aromatic carbocycles. The van der Waals surface area contributed by atoms with E-state index in [-0.39, 0.29) is 11.3 Å². The fraction of sp³-hybridized carbons (Fsp3) is 0.875. The number of fused-ring (bicyclic) bond motifs is 5. The molecule has 4 aliphatic carbocycles. The maximum atomic E-state index is 13.3. The molecule has 4 nitrogen and oxygen atoms in total. The van der Waals surface area contributed by atoms with Crippen molar-refractivity contribution in [3.05, 3.63) is 12.4 Å². The topological polar surface area (TPSA) is 47.8 Å². The van der Waals surface area contributed by atoms with Gasteiger partial charge in [-0.3, -0.25) is 4.79 Å². The Morgan fingerprint density at radius 2 is 1.89 bits per heavy atom. The van der Waals surface area contributed by atoms with Crippen molar-refractivity contribution in [2.75, 3.05) is 0 Å². The summed E-state index contributed by atoms with van der Waals surface area (Å²) in [5.74, 6) is 6.76. The second kappa shape index (κ2) is 6.95. The zero-order chi connectivity index (χ0) is 19.5. The van der Waals surface area contributed by atoms with E-state index in [2.05, 4.69) is 31.1 Å². The third kappa shape index (κ3) is 2.89. The monoisotopic (exact) mass is 383 g/mol. The van der Waals surface area contributed by atoms with Gasteiger partial charge in [0.1, 0.15) is 6.54 Å². The predicted molar refractivity (Wildman–Crippen MR) is 109 cm³/mol. The molecule has 4 fully saturated rings. The maximum Gasteiger partial charge on any atom is 0.157 e. The van der Waals surface area contributed by atoms with Crippen LogP contribution in [0.1, 0.15) is 72.1 Å². The third-order valence-electron chi connectivity index (χ3n) is 9.71. The van der Waals surface area contributed by atoms with Crippen molar-refractivity contribution in [1.29, 1.82) is 0 Å². The number of aromatic nitrogens is 3. The molecule has 0 N–H and O–H groups in total. The zero-order valence-corrected chi connectivity index (χ0v) is 17.9. The first-order chi connectivity index (χ1) is 13.5. The molecule has 0 spiro atoms. The highest BCUT2D eigenvalue weighted by Gasteiger charge is 2.60. The second-order valence-corrected chi connectivity index (χ2v) is 11.2. The lowest BCUT2D eigenvalue weighted by atomic mass is 9.48. The van der Waals surface area contributed by atoms with Crippen molar-refractivity contribution < 1.29 is 4.79 Å². The number of ketones is 1.